The molecular weight excluding hydrogens is 396 g/mol. The molecule has 4 atom stereocenters. The first-order valence-electron chi connectivity index (χ1n) is 10.6. The van der Waals surface area contributed by atoms with Crippen molar-refractivity contribution in [3.63, 3.8) is 0 Å². The molecular formula is C24H30N2O3S. The predicted molar refractivity (Wildman–Crippen MR) is 118 cm³/mol. The Hall–Kier alpha value is -2.02. The molecule has 0 unspecified atom stereocenters. The van der Waals surface area contributed by atoms with Crippen LogP contribution in [0.4, 0.5) is 0 Å². The first-order valence-corrected chi connectivity index (χ1v) is 12.2. The summed E-state index contributed by atoms with van der Waals surface area (Å²) in [7, 11) is -3.76. The number of hydrogen-bond acceptors (Lipinski definition) is 4. The third-order valence-corrected chi connectivity index (χ3v) is 9.07. The van der Waals surface area contributed by atoms with Crippen molar-refractivity contribution in [3.05, 3.63) is 71.8 Å². The number of carbonyl (C=O) groups is 1. The van der Waals surface area contributed by atoms with Gasteiger partial charge in [0.05, 0.1) is 17.8 Å². The van der Waals surface area contributed by atoms with E-state index in [0.717, 1.165) is 17.5 Å². The van der Waals surface area contributed by atoms with Crippen LogP contribution in [0.3, 0.4) is 0 Å². The standard InChI is InChI=1S/C24H30N2O3S/c1-23(2)19-13-14-24(23,20(27)15-19)16-30(28,29)26-22(18-11-7-4-8-12-18)21(25)17-9-5-3-6-10-17/h3-12,19,21-22,26H,13-16,25H2,1-2H3/t19-,21-,22-,24-/m1/s1. The van der Waals surface area contributed by atoms with E-state index in [2.05, 4.69) is 18.6 Å². The summed E-state index contributed by atoms with van der Waals surface area (Å²) >= 11 is 0. The summed E-state index contributed by atoms with van der Waals surface area (Å²) < 4.78 is 29.7. The first-order chi connectivity index (χ1) is 14.2. The molecule has 6 heteroatoms. The zero-order valence-corrected chi connectivity index (χ0v) is 18.4. The van der Waals surface area contributed by atoms with E-state index < -0.39 is 27.5 Å². The maximum atomic E-state index is 13.4. The molecule has 5 nitrogen and oxygen atoms in total. The Balaban J connectivity index is 1.65. The van der Waals surface area contributed by atoms with Gasteiger partial charge in [0.15, 0.2) is 0 Å². The van der Waals surface area contributed by atoms with E-state index in [1.54, 1.807) is 0 Å². The summed E-state index contributed by atoms with van der Waals surface area (Å²) in [6.07, 6.45) is 2.05. The molecule has 2 saturated carbocycles. The van der Waals surface area contributed by atoms with Crippen LogP contribution < -0.4 is 10.5 Å². The highest BCUT2D eigenvalue weighted by Crippen LogP contribution is 2.64. The summed E-state index contributed by atoms with van der Waals surface area (Å²) in [4.78, 5) is 12.8. The van der Waals surface area contributed by atoms with Gasteiger partial charge < -0.3 is 5.73 Å². The molecule has 2 aromatic carbocycles. The van der Waals surface area contributed by atoms with Gasteiger partial charge in [0.2, 0.25) is 10.0 Å². The Morgan fingerprint density at radius 1 is 1.03 bits per heavy atom. The second-order valence-corrected chi connectivity index (χ2v) is 11.1. The van der Waals surface area contributed by atoms with Gasteiger partial charge in [-0.3, -0.25) is 4.79 Å². The maximum absolute atomic E-state index is 13.4. The molecule has 30 heavy (non-hydrogen) atoms. The van der Waals surface area contributed by atoms with Crippen LogP contribution >= 0.6 is 0 Å². The van der Waals surface area contributed by atoms with Gasteiger partial charge in [0.1, 0.15) is 5.78 Å². The minimum absolute atomic E-state index is 0.0951. The van der Waals surface area contributed by atoms with Crippen LogP contribution in [0.1, 0.15) is 56.3 Å². The fourth-order valence-corrected chi connectivity index (χ4v) is 7.62. The van der Waals surface area contributed by atoms with Crippen LogP contribution in [0.2, 0.25) is 0 Å². The van der Waals surface area contributed by atoms with E-state index >= 15 is 0 Å². The Bertz CT molecular complexity index is 1020. The van der Waals surface area contributed by atoms with Crippen molar-refractivity contribution in [3.8, 4) is 0 Å². The Morgan fingerprint density at radius 2 is 1.60 bits per heavy atom. The van der Waals surface area contributed by atoms with Crippen LogP contribution in [-0.4, -0.2) is 20.0 Å². The normalized spacial score (nSPS) is 27.2. The topological polar surface area (TPSA) is 89.3 Å². The number of benzene rings is 2. The molecule has 160 valence electrons. The van der Waals surface area contributed by atoms with Crippen molar-refractivity contribution < 1.29 is 13.2 Å². The van der Waals surface area contributed by atoms with Gasteiger partial charge in [0.25, 0.3) is 0 Å². The second kappa shape index (κ2) is 7.59. The number of nitrogens with one attached hydrogen (secondary N) is 1. The Morgan fingerprint density at radius 3 is 2.10 bits per heavy atom. The molecule has 0 heterocycles. The van der Waals surface area contributed by atoms with E-state index in [1.807, 2.05) is 60.7 Å². The molecule has 0 spiro atoms. The van der Waals surface area contributed by atoms with E-state index in [1.165, 1.54) is 0 Å². The number of rotatable bonds is 7. The molecule has 2 aliphatic rings. The molecule has 0 aromatic heterocycles. The number of carbonyl (C=O) groups excluding carboxylic acids is 1. The number of hydrogen-bond donors (Lipinski definition) is 2. The molecule has 2 fully saturated rings. The van der Waals surface area contributed by atoms with Crippen LogP contribution in [0.25, 0.3) is 0 Å². The minimum atomic E-state index is -3.76. The molecule has 0 amide bonds. The van der Waals surface area contributed by atoms with Crippen molar-refractivity contribution in [1.29, 1.82) is 0 Å². The highest BCUT2D eigenvalue weighted by Gasteiger charge is 2.65. The lowest BCUT2D eigenvalue weighted by Crippen LogP contribution is -2.47. The Kier molecular flexibility index (Phi) is 5.37. The number of sulfonamides is 1. The molecule has 2 bridgehead atoms. The molecule has 4 rings (SSSR count). The summed E-state index contributed by atoms with van der Waals surface area (Å²) in [5.41, 5.74) is 7.09. The van der Waals surface area contributed by atoms with Crippen LogP contribution in [0.5, 0.6) is 0 Å². The average molecular weight is 427 g/mol. The van der Waals surface area contributed by atoms with E-state index in [-0.39, 0.29) is 22.9 Å². The molecule has 2 aromatic rings. The number of Topliss-reactive ketones (excluding diaryl/α,β-unsaturated/α-hetero) is 1. The third-order valence-electron chi connectivity index (χ3n) is 7.58. The Labute approximate surface area is 179 Å². The lowest BCUT2D eigenvalue weighted by atomic mass is 9.70. The summed E-state index contributed by atoms with van der Waals surface area (Å²) in [6.45, 7) is 4.10. The monoisotopic (exact) mass is 426 g/mol. The lowest BCUT2D eigenvalue weighted by Gasteiger charge is -2.37. The van der Waals surface area contributed by atoms with Gasteiger partial charge in [-0.25, -0.2) is 13.1 Å². The van der Waals surface area contributed by atoms with Gasteiger partial charge in [0, 0.05) is 11.8 Å². The molecule has 0 saturated heterocycles. The SMILES string of the molecule is CC1(C)[C@@H]2CC[C@@]1(CS(=O)(=O)N[C@H](c1ccccc1)[C@H](N)c1ccccc1)C(=O)C2. The van der Waals surface area contributed by atoms with Crippen molar-refractivity contribution in [2.45, 2.75) is 45.2 Å². The second-order valence-electron chi connectivity index (χ2n) is 9.37. The largest absolute Gasteiger partial charge is 0.322 e. The van der Waals surface area contributed by atoms with Crippen molar-refractivity contribution >= 4 is 15.8 Å². The van der Waals surface area contributed by atoms with E-state index in [4.69, 9.17) is 5.73 Å². The molecule has 0 aliphatic heterocycles. The molecule has 2 aliphatic carbocycles. The predicted octanol–water partition coefficient (Wildman–Crippen LogP) is 3.74. The average Bonchev–Trinajstić information content (AvgIpc) is 3.07. The van der Waals surface area contributed by atoms with Crippen molar-refractivity contribution in [2.75, 3.05) is 5.75 Å². The number of fused-ring (bicyclic) bond motifs is 2. The number of nitrogens with two attached hydrogens (primary N) is 1. The lowest BCUT2D eigenvalue weighted by molar-refractivity contribution is -0.128. The van der Waals surface area contributed by atoms with E-state index in [9.17, 15) is 13.2 Å². The van der Waals surface area contributed by atoms with Crippen LogP contribution in [-0.2, 0) is 14.8 Å². The first kappa shape index (κ1) is 21.2. The quantitative estimate of drug-likeness (QED) is 0.706. The summed E-state index contributed by atoms with van der Waals surface area (Å²) in [5.74, 6) is 0.196. The number of ketones is 1. The van der Waals surface area contributed by atoms with Crippen molar-refractivity contribution in [1.82, 2.24) is 4.72 Å². The minimum Gasteiger partial charge on any atom is -0.322 e. The van der Waals surface area contributed by atoms with Gasteiger partial charge in [-0.05, 0) is 35.3 Å². The zero-order valence-electron chi connectivity index (χ0n) is 17.5. The van der Waals surface area contributed by atoms with Crippen LogP contribution in [0.15, 0.2) is 60.7 Å². The summed E-state index contributed by atoms with van der Waals surface area (Å²) in [5, 5.41) is 0. The molecule has 0 radical (unpaired) electrons. The van der Waals surface area contributed by atoms with Crippen LogP contribution in [0, 0.1) is 16.7 Å². The summed E-state index contributed by atoms with van der Waals surface area (Å²) in [6, 6.07) is 17.7. The van der Waals surface area contributed by atoms with E-state index in [0.29, 0.717) is 12.8 Å². The smallest absolute Gasteiger partial charge is 0.213 e. The highest BCUT2D eigenvalue weighted by atomic mass is 32.2. The van der Waals surface area contributed by atoms with Gasteiger partial charge in [-0.15, -0.1) is 0 Å². The maximum Gasteiger partial charge on any atom is 0.213 e. The zero-order chi connectivity index (χ0) is 21.6. The third kappa shape index (κ3) is 3.51. The molecule has 3 N–H and O–H groups in total. The van der Waals surface area contributed by atoms with Gasteiger partial charge in [-0.2, -0.15) is 0 Å². The fourth-order valence-electron chi connectivity index (χ4n) is 5.54. The van der Waals surface area contributed by atoms with Gasteiger partial charge in [-0.1, -0.05) is 74.5 Å². The fraction of sp³-hybridized carbons (Fsp3) is 0.458. The highest BCUT2D eigenvalue weighted by molar-refractivity contribution is 7.89. The van der Waals surface area contributed by atoms with Gasteiger partial charge >= 0.3 is 0 Å². The van der Waals surface area contributed by atoms with Crippen molar-refractivity contribution in [2.24, 2.45) is 22.5 Å².